The minimum absolute atomic E-state index is 0.00565. The predicted molar refractivity (Wildman–Crippen MR) is 69.7 cm³/mol. The number of halogens is 6. The van der Waals surface area contributed by atoms with Crippen molar-refractivity contribution in [1.29, 1.82) is 0 Å². The Kier molecular flexibility index (Phi) is 3.95. The number of benzene rings is 1. The van der Waals surface area contributed by atoms with Crippen LogP contribution in [0.4, 0.5) is 13.2 Å². The van der Waals surface area contributed by atoms with Crippen LogP contribution in [0, 0.1) is 0 Å². The highest BCUT2D eigenvalue weighted by molar-refractivity contribution is 6.43. The molecule has 2 aromatic rings. The van der Waals surface area contributed by atoms with Gasteiger partial charge in [-0.05, 0) is 12.1 Å². The summed E-state index contributed by atoms with van der Waals surface area (Å²) in [4.78, 5) is 3.82. The van der Waals surface area contributed by atoms with Crippen molar-refractivity contribution in [1.82, 2.24) is 4.98 Å². The first kappa shape index (κ1) is 14.4. The largest absolute Gasteiger partial charge is 0.417 e. The molecule has 0 amide bonds. The van der Waals surface area contributed by atoms with Gasteiger partial charge >= 0.3 is 6.18 Å². The molecule has 0 saturated heterocycles. The Morgan fingerprint density at radius 3 is 2.21 bits per heavy atom. The molecule has 0 aliphatic carbocycles. The molecule has 1 nitrogen and oxygen atoms in total. The second-order valence-electron chi connectivity index (χ2n) is 3.63. The molecule has 2 rings (SSSR count). The topological polar surface area (TPSA) is 12.9 Å². The molecule has 0 spiro atoms. The number of hydrogen-bond donors (Lipinski definition) is 0. The van der Waals surface area contributed by atoms with Crippen LogP contribution in [0.25, 0.3) is 11.3 Å². The standard InChI is InChI=1S/C12H5Cl3F3N/c13-8-5-9(14)11(15)19-10(8)6-3-1-2-4-7(6)12(16,17)18/h1-5H. The van der Waals surface area contributed by atoms with Crippen LogP contribution in [0.1, 0.15) is 5.56 Å². The summed E-state index contributed by atoms with van der Waals surface area (Å²) < 4.78 is 38.7. The van der Waals surface area contributed by atoms with Crippen LogP contribution in [0.3, 0.4) is 0 Å². The van der Waals surface area contributed by atoms with Crippen LogP contribution in [0.15, 0.2) is 30.3 Å². The fourth-order valence-electron chi connectivity index (χ4n) is 1.57. The van der Waals surface area contributed by atoms with Crippen molar-refractivity contribution in [2.45, 2.75) is 6.18 Å². The Morgan fingerprint density at radius 2 is 1.58 bits per heavy atom. The van der Waals surface area contributed by atoms with Crippen molar-refractivity contribution in [3.8, 4) is 11.3 Å². The molecule has 19 heavy (non-hydrogen) atoms. The van der Waals surface area contributed by atoms with E-state index in [9.17, 15) is 13.2 Å². The molecular formula is C12H5Cl3F3N. The number of pyridine rings is 1. The molecule has 0 N–H and O–H groups in total. The SMILES string of the molecule is FC(F)(F)c1ccccc1-c1nc(Cl)c(Cl)cc1Cl. The lowest BCUT2D eigenvalue weighted by atomic mass is 10.0. The number of hydrogen-bond acceptors (Lipinski definition) is 1. The van der Waals surface area contributed by atoms with Gasteiger partial charge in [0.05, 0.1) is 21.3 Å². The third-order valence-electron chi connectivity index (χ3n) is 2.37. The smallest absolute Gasteiger partial charge is 0.233 e. The van der Waals surface area contributed by atoms with Gasteiger partial charge in [-0.15, -0.1) is 0 Å². The van der Waals surface area contributed by atoms with Gasteiger partial charge in [0.2, 0.25) is 0 Å². The van der Waals surface area contributed by atoms with E-state index in [0.29, 0.717) is 0 Å². The van der Waals surface area contributed by atoms with Gasteiger partial charge in [0.1, 0.15) is 5.15 Å². The van der Waals surface area contributed by atoms with Gasteiger partial charge in [-0.2, -0.15) is 13.2 Å². The van der Waals surface area contributed by atoms with Gasteiger partial charge in [-0.1, -0.05) is 53.0 Å². The molecule has 1 aromatic heterocycles. The van der Waals surface area contributed by atoms with Crippen LogP contribution in [-0.4, -0.2) is 4.98 Å². The van der Waals surface area contributed by atoms with E-state index in [0.717, 1.165) is 6.07 Å². The van der Waals surface area contributed by atoms with Gasteiger partial charge in [0.15, 0.2) is 0 Å². The minimum atomic E-state index is -4.51. The molecule has 0 aliphatic rings. The van der Waals surface area contributed by atoms with Crippen LogP contribution >= 0.6 is 34.8 Å². The van der Waals surface area contributed by atoms with Crippen molar-refractivity contribution in [3.05, 3.63) is 51.1 Å². The normalized spacial score (nSPS) is 11.7. The molecule has 7 heteroatoms. The van der Waals surface area contributed by atoms with Crippen molar-refractivity contribution >= 4 is 34.8 Å². The Hall–Kier alpha value is -0.970. The molecule has 0 unspecified atom stereocenters. The maximum absolute atomic E-state index is 12.9. The number of alkyl halides is 3. The predicted octanol–water partition coefficient (Wildman–Crippen LogP) is 5.73. The summed E-state index contributed by atoms with van der Waals surface area (Å²) >= 11 is 17.3. The fraction of sp³-hybridized carbons (Fsp3) is 0.0833. The van der Waals surface area contributed by atoms with E-state index in [1.54, 1.807) is 0 Å². The Balaban J connectivity index is 2.70. The zero-order valence-electron chi connectivity index (χ0n) is 9.10. The first-order valence-corrected chi connectivity index (χ1v) is 6.12. The molecule has 100 valence electrons. The fourth-order valence-corrected chi connectivity index (χ4v) is 2.17. The lowest BCUT2D eigenvalue weighted by Crippen LogP contribution is -2.07. The van der Waals surface area contributed by atoms with E-state index in [1.165, 1.54) is 24.3 Å². The minimum Gasteiger partial charge on any atom is -0.233 e. The number of nitrogens with zero attached hydrogens (tertiary/aromatic N) is 1. The van der Waals surface area contributed by atoms with Crippen molar-refractivity contribution in [3.63, 3.8) is 0 Å². The Morgan fingerprint density at radius 1 is 0.947 bits per heavy atom. The van der Waals surface area contributed by atoms with Gasteiger partial charge in [0.25, 0.3) is 0 Å². The second-order valence-corrected chi connectivity index (χ2v) is 4.81. The van der Waals surface area contributed by atoms with Crippen molar-refractivity contribution in [2.75, 3.05) is 0 Å². The van der Waals surface area contributed by atoms with E-state index in [2.05, 4.69) is 4.98 Å². The van der Waals surface area contributed by atoms with Crippen LogP contribution in [0.2, 0.25) is 15.2 Å². The average molecular weight is 327 g/mol. The third kappa shape index (κ3) is 2.96. The van der Waals surface area contributed by atoms with E-state index >= 15 is 0 Å². The summed E-state index contributed by atoms with van der Waals surface area (Å²) in [5.41, 5.74) is -1.02. The van der Waals surface area contributed by atoms with E-state index < -0.39 is 11.7 Å². The summed E-state index contributed by atoms with van der Waals surface area (Å²) in [7, 11) is 0. The molecule has 0 radical (unpaired) electrons. The summed E-state index contributed by atoms with van der Waals surface area (Å²) in [5.74, 6) is 0. The molecule has 1 heterocycles. The average Bonchev–Trinajstić information content (AvgIpc) is 2.33. The van der Waals surface area contributed by atoms with Gasteiger partial charge in [-0.3, -0.25) is 0 Å². The van der Waals surface area contributed by atoms with Crippen LogP contribution in [-0.2, 0) is 6.18 Å². The summed E-state index contributed by atoms with van der Waals surface area (Å²) in [6.45, 7) is 0. The van der Waals surface area contributed by atoms with Gasteiger partial charge in [-0.25, -0.2) is 4.98 Å². The maximum Gasteiger partial charge on any atom is 0.417 e. The molecule has 0 aliphatic heterocycles. The van der Waals surface area contributed by atoms with E-state index in [-0.39, 0.29) is 26.5 Å². The van der Waals surface area contributed by atoms with Crippen LogP contribution < -0.4 is 0 Å². The second kappa shape index (κ2) is 5.19. The lowest BCUT2D eigenvalue weighted by Gasteiger charge is -2.13. The molecular weight excluding hydrogens is 321 g/mol. The highest BCUT2D eigenvalue weighted by Crippen LogP contribution is 2.39. The van der Waals surface area contributed by atoms with E-state index in [1.807, 2.05) is 0 Å². The summed E-state index contributed by atoms with van der Waals surface area (Å²) in [6, 6.07) is 6.25. The Labute approximate surface area is 121 Å². The first-order valence-electron chi connectivity index (χ1n) is 4.99. The van der Waals surface area contributed by atoms with Gasteiger partial charge < -0.3 is 0 Å². The highest BCUT2D eigenvalue weighted by Gasteiger charge is 2.34. The maximum atomic E-state index is 12.9. The lowest BCUT2D eigenvalue weighted by molar-refractivity contribution is -0.137. The monoisotopic (exact) mass is 325 g/mol. The molecule has 0 bridgehead atoms. The Bertz CT molecular complexity index is 626. The molecule has 0 saturated carbocycles. The molecule has 0 atom stereocenters. The molecule has 1 aromatic carbocycles. The number of rotatable bonds is 1. The number of aromatic nitrogens is 1. The van der Waals surface area contributed by atoms with Crippen molar-refractivity contribution in [2.24, 2.45) is 0 Å². The summed E-state index contributed by atoms with van der Waals surface area (Å²) in [6.07, 6.45) is -4.51. The van der Waals surface area contributed by atoms with Crippen LogP contribution in [0.5, 0.6) is 0 Å². The van der Waals surface area contributed by atoms with E-state index in [4.69, 9.17) is 34.8 Å². The molecule has 0 fully saturated rings. The third-order valence-corrected chi connectivity index (χ3v) is 3.34. The zero-order valence-corrected chi connectivity index (χ0v) is 11.4. The van der Waals surface area contributed by atoms with Gasteiger partial charge in [0, 0.05) is 5.56 Å². The van der Waals surface area contributed by atoms with Crippen molar-refractivity contribution < 1.29 is 13.2 Å². The first-order chi connectivity index (χ1) is 8.80. The quantitative estimate of drug-likeness (QED) is 0.610. The highest BCUT2D eigenvalue weighted by atomic mass is 35.5. The zero-order chi connectivity index (χ0) is 14.2. The summed E-state index contributed by atoms with van der Waals surface area (Å²) in [5, 5.41) is -0.0101.